The maximum absolute atomic E-state index is 12.7. The standard InChI is InChI=1S/C21H26N2O4/c1-6-14-7-9-15(10-8-14)22-19(24)21(2,3)20(25)23-17-12-11-16(26-4)13-18(17)27-5/h7-13H,6H2,1-5H3,(H,22,24)(H,23,25). The van der Waals surface area contributed by atoms with Gasteiger partial charge in [0.1, 0.15) is 16.9 Å². The van der Waals surface area contributed by atoms with Crippen molar-refractivity contribution in [2.45, 2.75) is 27.2 Å². The number of hydrogen-bond acceptors (Lipinski definition) is 4. The van der Waals surface area contributed by atoms with Crippen LogP contribution in [0.4, 0.5) is 11.4 Å². The molecule has 0 saturated carbocycles. The fraction of sp³-hybridized carbons (Fsp3) is 0.333. The molecule has 0 aliphatic rings. The third-order valence-electron chi connectivity index (χ3n) is 4.41. The summed E-state index contributed by atoms with van der Waals surface area (Å²) in [5.74, 6) is 0.233. The lowest BCUT2D eigenvalue weighted by atomic mass is 9.90. The van der Waals surface area contributed by atoms with Gasteiger partial charge in [0.15, 0.2) is 0 Å². The minimum atomic E-state index is -1.28. The number of carbonyl (C=O) groups excluding carboxylic acids is 2. The number of anilines is 2. The van der Waals surface area contributed by atoms with Crippen molar-refractivity contribution in [2.24, 2.45) is 5.41 Å². The van der Waals surface area contributed by atoms with Crippen molar-refractivity contribution in [1.29, 1.82) is 0 Å². The Morgan fingerprint density at radius 2 is 1.56 bits per heavy atom. The number of methoxy groups -OCH3 is 2. The van der Waals surface area contributed by atoms with E-state index < -0.39 is 17.2 Å². The molecule has 0 radical (unpaired) electrons. The molecule has 0 heterocycles. The zero-order valence-electron chi connectivity index (χ0n) is 16.4. The Kier molecular flexibility index (Phi) is 6.45. The highest BCUT2D eigenvalue weighted by molar-refractivity contribution is 6.14. The molecule has 0 aliphatic heterocycles. The van der Waals surface area contributed by atoms with E-state index in [0.29, 0.717) is 22.9 Å². The average molecular weight is 370 g/mol. The van der Waals surface area contributed by atoms with E-state index in [1.165, 1.54) is 12.7 Å². The Hall–Kier alpha value is -3.02. The van der Waals surface area contributed by atoms with Gasteiger partial charge in [-0.05, 0) is 50.1 Å². The molecule has 0 spiro atoms. The van der Waals surface area contributed by atoms with Crippen molar-refractivity contribution in [2.75, 3.05) is 24.9 Å². The molecule has 0 fully saturated rings. The van der Waals surface area contributed by atoms with Crippen molar-refractivity contribution in [3.05, 3.63) is 48.0 Å². The second kappa shape index (κ2) is 8.58. The Morgan fingerprint density at radius 3 is 2.11 bits per heavy atom. The van der Waals surface area contributed by atoms with Crippen LogP contribution in [0.25, 0.3) is 0 Å². The van der Waals surface area contributed by atoms with Gasteiger partial charge < -0.3 is 20.1 Å². The molecule has 2 aromatic rings. The molecule has 6 nitrogen and oxygen atoms in total. The second-order valence-corrected chi connectivity index (χ2v) is 6.65. The maximum Gasteiger partial charge on any atom is 0.239 e. The molecule has 0 bridgehead atoms. The van der Waals surface area contributed by atoms with Crippen molar-refractivity contribution in [1.82, 2.24) is 0 Å². The molecule has 144 valence electrons. The van der Waals surface area contributed by atoms with E-state index in [1.807, 2.05) is 24.3 Å². The van der Waals surface area contributed by atoms with Crippen molar-refractivity contribution in [3.8, 4) is 11.5 Å². The molecule has 2 amide bonds. The quantitative estimate of drug-likeness (QED) is 0.726. The first-order chi connectivity index (χ1) is 12.8. The number of rotatable bonds is 7. The first-order valence-corrected chi connectivity index (χ1v) is 8.75. The zero-order valence-corrected chi connectivity index (χ0v) is 16.4. The lowest BCUT2D eigenvalue weighted by Crippen LogP contribution is -2.41. The van der Waals surface area contributed by atoms with Gasteiger partial charge in [-0.15, -0.1) is 0 Å². The third kappa shape index (κ3) is 4.78. The lowest BCUT2D eigenvalue weighted by molar-refractivity contribution is -0.135. The summed E-state index contributed by atoms with van der Waals surface area (Å²) < 4.78 is 10.4. The van der Waals surface area contributed by atoms with E-state index in [0.717, 1.165) is 6.42 Å². The molecule has 6 heteroatoms. The van der Waals surface area contributed by atoms with E-state index in [9.17, 15) is 9.59 Å². The maximum atomic E-state index is 12.7. The second-order valence-electron chi connectivity index (χ2n) is 6.65. The molecule has 2 aromatic carbocycles. The summed E-state index contributed by atoms with van der Waals surface area (Å²) in [6.07, 6.45) is 0.922. The lowest BCUT2D eigenvalue weighted by Gasteiger charge is -2.23. The van der Waals surface area contributed by atoms with E-state index in [1.54, 1.807) is 39.2 Å². The Labute approximate surface area is 159 Å². The number of nitrogens with one attached hydrogen (secondary N) is 2. The van der Waals surface area contributed by atoms with Crippen LogP contribution in [0.3, 0.4) is 0 Å². The van der Waals surface area contributed by atoms with Gasteiger partial charge in [0.05, 0.1) is 19.9 Å². The third-order valence-corrected chi connectivity index (χ3v) is 4.41. The smallest absolute Gasteiger partial charge is 0.239 e. The summed E-state index contributed by atoms with van der Waals surface area (Å²) in [4.78, 5) is 25.4. The van der Waals surface area contributed by atoms with Gasteiger partial charge in [-0.25, -0.2) is 0 Å². The number of amides is 2. The van der Waals surface area contributed by atoms with Crippen LogP contribution in [0.15, 0.2) is 42.5 Å². The van der Waals surface area contributed by atoms with Crippen molar-refractivity contribution < 1.29 is 19.1 Å². The Balaban J connectivity index is 2.12. The summed E-state index contributed by atoms with van der Waals surface area (Å²) in [6.45, 7) is 5.22. The van der Waals surface area contributed by atoms with E-state index in [2.05, 4.69) is 17.6 Å². The fourth-order valence-electron chi connectivity index (χ4n) is 2.39. The number of ether oxygens (including phenoxy) is 2. The van der Waals surface area contributed by atoms with Gasteiger partial charge >= 0.3 is 0 Å². The molecule has 0 saturated heterocycles. The molecule has 0 aromatic heterocycles. The fourth-order valence-corrected chi connectivity index (χ4v) is 2.39. The van der Waals surface area contributed by atoms with Gasteiger partial charge in [0.25, 0.3) is 0 Å². The summed E-state index contributed by atoms with van der Waals surface area (Å²) in [5, 5.41) is 5.55. The monoisotopic (exact) mass is 370 g/mol. The molecule has 0 unspecified atom stereocenters. The van der Waals surface area contributed by atoms with Crippen LogP contribution in [0.1, 0.15) is 26.3 Å². The number of benzene rings is 2. The van der Waals surface area contributed by atoms with E-state index >= 15 is 0 Å². The topological polar surface area (TPSA) is 76.7 Å². The van der Waals surface area contributed by atoms with Gasteiger partial charge in [-0.3, -0.25) is 9.59 Å². The normalized spacial score (nSPS) is 10.9. The zero-order chi connectivity index (χ0) is 20.0. The highest BCUT2D eigenvalue weighted by atomic mass is 16.5. The van der Waals surface area contributed by atoms with Gasteiger partial charge in [0.2, 0.25) is 11.8 Å². The van der Waals surface area contributed by atoms with Crippen molar-refractivity contribution in [3.63, 3.8) is 0 Å². The average Bonchev–Trinajstić information content (AvgIpc) is 2.68. The SMILES string of the molecule is CCc1ccc(NC(=O)C(C)(C)C(=O)Nc2ccc(OC)cc2OC)cc1. The van der Waals surface area contributed by atoms with Crippen LogP contribution in [-0.2, 0) is 16.0 Å². The number of aryl methyl sites for hydroxylation is 1. The van der Waals surface area contributed by atoms with Crippen LogP contribution in [0, 0.1) is 5.41 Å². The Bertz CT molecular complexity index is 813. The van der Waals surface area contributed by atoms with Crippen molar-refractivity contribution >= 4 is 23.2 Å². The van der Waals surface area contributed by atoms with Crippen LogP contribution in [-0.4, -0.2) is 26.0 Å². The Morgan fingerprint density at radius 1 is 0.926 bits per heavy atom. The predicted molar refractivity (Wildman–Crippen MR) is 106 cm³/mol. The van der Waals surface area contributed by atoms with Gasteiger partial charge in [-0.1, -0.05) is 19.1 Å². The largest absolute Gasteiger partial charge is 0.497 e. The van der Waals surface area contributed by atoms with Crippen LogP contribution < -0.4 is 20.1 Å². The minimum absolute atomic E-state index is 0.392. The van der Waals surface area contributed by atoms with Crippen LogP contribution >= 0.6 is 0 Å². The molecule has 2 rings (SSSR count). The molecule has 2 N–H and O–H groups in total. The van der Waals surface area contributed by atoms with Crippen LogP contribution in [0.5, 0.6) is 11.5 Å². The summed E-state index contributed by atoms with van der Waals surface area (Å²) in [7, 11) is 3.05. The van der Waals surface area contributed by atoms with E-state index in [4.69, 9.17) is 9.47 Å². The molecular formula is C21H26N2O4. The summed E-state index contributed by atoms with van der Waals surface area (Å²) in [5.41, 5.74) is 1.02. The summed E-state index contributed by atoms with van der Waals surface area (Å²) in [6, 6.07) is 12.6. The van der Waals surface area contributed by atoms with Gasteiger partial charge in [-0.2, -0.15) is 0 Å². The molecule has 27 heavy (non-hydrogen) atoms. The molecule has 0 aliphatic carbocycles. The highest BCUT2D eigenvalue weighted by Crippen LogP contribution is 2.31. The van der Waals surface area contributed by atoms with E-state index in [-0.39, 0.29) is 0 Å². The molecular weight excluding hydrogens is 344 g/mol. The highest BCUT2D eigenvalue weighted by Gasteiger charge is 2.36. The number of carbonyl (C=O) groups is 2. The summed E-state index contributed by atoms with van der Waals surface area (Å²) >= 11 is 0. The first-order valence-electron chi connectivity index (χ1n) is 8.75. The minimum Gasteiger partial charge on any atom is -0.497 e. The predicted octanol–water partition coefficient (Wildman–Crippen LogP) is 3.87. The van der Waals surface area contributed by atoms with Gasteiger partial charge in [0, 0.05) is 11.8 Å². The van der Waals surface area contributed by atoms with Crippen LogP contribution in [0.2, 0.25) is 0 Å². The first kappa shape index (κ1) is 20.3. The molecule has 0 atom stereocenters. The number of hydrogen-bond donors (Lipinski definition) is 2.